The van der Waals surface area contributed by atoms with E-state index in [4.69, 9.17) is 5.73 Å². The lowest BCUT2D eigenvalue weighted by Crippen LogP contribution is -2.38. The van der Waals surface area contributed by atoms with Crippen molar-refractivity contribution in [1.29, 1.82) is 0 Å². The van der Waals surface area contributed by atoms with E-state index in [0.717, 1.165) is 24.2 Å². The number of nitrogens with zero attached hydrogens (tertiary/aromatic N) is 1. The van der Waals surface area contributed by atoms with E-state index in [1.807, 2.05) is 6.07 Å². The summed E-state index contributed by atoms with van der Waals surface area (Å²) >= 11 is 0. The van der Waals surface area contributed by atoms with Crippen LogP contribution >= 0.6 is 0 Å². The van der Waals surface area contributed by atoms with Crippen molar-refractivity contribution in [3.05, 3.63) is 29.3 Å². The normalized spacial score (nSPS) is 24.4. The monoisotopic (exact) mass is 246 g/mol. The van der Waals surface area contributed by atoms with Crippen LogP contribution in [-0.4, -0.2) is 18.0 Å². The van der Waals surface area contributed by atoms with E-state index in [1.54, 1.807) is 0 Å². The summed E-state index contributed by atoms with van der Waals surface area (Å²) in [7, 11) is 2.26. The maximum Gasteiger partial charge on any atom is 0.0346 e. The molecule has 18 heavy (non-hydrogen) atoms. The molecule has 0 aromatic heterocycles. The predicted molar refractivity (Wildman–Crippen MR) is 78.5 cm³/mol. The van der Waals surface area contributed by atoms with Crippen LogP contribution in [-0.2, 0) is 6.54 Å². The van der Waals surface area contributed by atoms with Gasteiger partial charge < -0.3 is 5.73 Å². The molecule has 2 N–H and O–H groups in total. The van der Waals surface area contributed by atoms with Crippen molar-refractivity contribution in [3.63, 3.8) is 0 Å². The number of benzene rings is 1. The SMILES string of the molecule is Cc1c(N)cccc1CN(C)C1CCCCC1C. The minimum Gasteiger partial charge on any atom is -0.399 e. The van der Waals surface area contributed by atoms with Crippen LogP contribution in [0.5, 0.6) is 0 Å². The van der Waals surface area contributed by atoms with Gasteiger partial charge in [-0.25, -0.2) is 0 Å². The Labute approximate surface area is 111 Å². The van der Waals surface area contributed by atoms with Crippen LogP contribution in [0.3, 0.4) is 0 Å². The van der Waals surface area contributed by atoms with E-state index in [9.17, 15) is 0 Å². The first-order valence-electron chi connectivity index (χ1n) is 7.14. The predicted octanol–water partition coefficient (Wildman–Crippen LogP) is 3.59. The largest absolute Gasteiger partial charge is 0.399 e. The highest BCUT2D eigenvalue weighted by Gasteiger charge is 2.25. The van der Waals surface area contributed by atoms with Crippen molar-refractivity contribution in [1.82, 2.24) is 4.90 Å². The molecule has 0 radical (unpaired) electrons. The minimum absolute atomic E-state index is 0.736. The number of nitrogen functional groups attached to an aromatic ring is 1. The van der Waals surface area contributed by atoms with Crippen LogP contribution in [0.4, 0.5) is 5.69 Å². The van der Waals surface area contributed by atoms with Gasteiger partial charge in [0.15, 0.2) is 0 Å². The Bertz CT molecular complexity index is 400. The molecule has 1 aromatic rings. The number of nitrogens with two attached hydrogens (primary N) is 1. The van der Waals surface area contributed by atoms with E-state index in [-0.39, 0.29) is 0 Å². The van der Waals surface area contributed by atoms with Gasteiger partial charge in [0.05, 0.1) is 0 Å². The van der Waals surface area contributed by atoms with E-state index in [0.29, 0.717) is 0 Å². The van der Waals surface area contributed by atoms with Crippen molar-refractivity contribution in [2.45, 2.75) is 52.1 Å². The second-order valence-electron chi connectivity index (χ2n) is 5.88. The first-order chi connectivity index (χ1) is 8.59. The van der Waals surface area contributed by atoms with E-state index in [1.165, 1.54) is 36.8 Å². The lowest BCUT2D eigenvalue weighted by atomic mass is 9.85. The first-order valence-corrected chi connectivity index (χ1v) is 7.14. The zero-order valence-electron chi connectivity index (χ0n) is 11.9. The van der Waals surface area contributed by atoms with Gasteiger partial charge in [0.1, 0.15) is 0 Å². The molecule has 0 heterocycles. The third kappa shape index (κ3) is 2.86. The van der Waals surface area contributed by atoms with Crippen LogP contribution in [0.2, 0.25) is 0 Å². The van der Waals surface area contributed by atoms with Crippen molar-refractivity contribution < 1.29 is 0 Å². The second-order valence-corrected chi connectivity index (χ2v) is 5.88. The third-order valence-electron chi connectivity index (χ3n) is 4.54. The molecule has 100 valence electrons. The summed E-state index contributed by atoms with van der Waals surface area (Å²) in [5, 5.41) is 0. The third-order valence-corrected chi connectivity index (χ3v) is 4.54. The Hall–Kier alpha value is -1.02. The van der Waals surface area contributed by atoms with Crippen molar-refractivity contribution >= 4 is 5.69 Å². The number of rotatable bonds is 3. The average Bonchev–Trinajstić information content (AvgIpc) is 2.35. The molecule has 0 amide bonds. The fraction of sp³-hybridized carbons (Fsp3) is 0.625. The van der Waals surface area contributed by atoms with Crippen LogP contribution in [0.15, 0.2) is 18.2 Å². The molecule has 0 bridgehead atoms. The van der Waals surface area contributed by atoms with Crippen molar-refractivity contribution in [2.24, 2.45) is 5.92 Å². The summed E-state index contributed by atoms with van der Waals surface area (Å²) in [5.41, 5.74) is 9.51. The van der Waals surface area contributed by atoms with Crippen molar-refractivity contribution in [3.8, 4) is 0 Å². The molecular formula is C16H26N2. The Balaban J connectivity index is 2.06. The van der Waals surface area contributed by atoms with E-state index >= 15 is 0 Å². The van der Waals surface area contributed by atoms with Gasteiger partial charge in [-0.3, -0.25) is 4.90 Å². The summed E-state index contributed by atoms with van der Waals surface area (Å²) in [6, 6.07) is 6.99. The first kappa shape index (κ1) is 13.4. The highest BCUT2D eigenvalue weighted by Crippen LogP contribution is 2.29. The molecule has 1 aromatic carbocycles. The Morgan fingerprint density at radius 2 is 2.00 bits per heavy atom. The van der Waals surface area contributed by atoms with Gasteiger partial charge in [-0.05, 0) is 49.9 Å². The summed E-state index contributed by atoms with van der Waals surface area (Å²) < 4.78 is 0. The highest BCUT2D eigenvalue weighted by molar-refractivity contribution is 5.49. The van der Waals surface area contributed by atoms with E-state index < -0.39 is 0 Å². The van der Waals surface area contributed by atoms with Crippen LogP contribution in [0.25, 0.3) is 0 Å². The highest BCUT2D eigenvalue weighted by atomic mass is 15.1. The molecule has 0 spiro atoms. The maximum absolute atomic E-state index is 5.98. The second kappa shape index (κ2) is 5.75. The molecule has 0 saturated heterocycles. The Kier molecular flexibility index (Phi) is 4.28. The van der Waals surface area contributed by atoms with Gasteiger partial charge in [-0.2, -0.15) is 0 Å². The molecule has 1 saturated carbocycles. The molecular weight excluding hydrogens is 220 g/mol. The van der Waals surface area contributed by atoms with Crippen LogP contribution in [0.1, 0.15) is 43.7 Å². The molecule has 2 atom stereocenters. The minimum atomic E-state index is 0.736. The summed E-state index contributed by atoms with van der Waals surface area (Å²) in [5.74, 6) is 0.824. The fourth-order valence-corrected chi connectivity index (χ4v) is 3.21. The van der Waals surface area contributed by atoms with Gasteiger partial charge >= 0.3 is 0 Å². The maximum atomic E-state index is 5.98. The summed E-state index contributed by atoms with van der Waals surface area (Å²) in [6.07, 6.45) is 5.52. The lowest BCUT2D eigenvalue weighted by molar-refractivity contribution is 0.133. The smallest absolute Gasteiger partial charge is 0.0346 e. The zero-order chi connectivity index (χ0) is 13.1. The van der Waals surface area contributed by atoms with Crippen molar-refractivity contribution in [2.75, 3.05) is 12.8 Å². The van der Waals surface area contributed by atoms with Gasteiger partial charge in [0, 0.05) is 18.3 Å². The van der Waals surface area contributed by atoms with Gasteiger partial charge in [-0.15, -0.1) is 0 Å². The van der Waals surface area contributed by atoms with Gasteiger partial charge in [0.2, 0.25) is 0 Å². The van der Waals surface area contributed by atoms with Crippen LogP contribution in [0, 0.1) is 12.8 Å². The molecule has 2 unspecified atom stereocenters. The molecule has 0 aliphatic heterocycles. The summed E-state index contributed by atoms with van der Waals surface area (Å²) in [6.45, 7) is 5.54. The van der Waals surface area contributed by atoms with Gasteiger partial charge in [-0.1, -0.05) is 31.9 Å². The summed E-state index contributed by atoms with van der Waals surface area (Å²) in [4.78, 5) is 2.52. The average molecular weight is 246 g/mol. The Morgan fingerprint density at radius 3 is 2.72 bits per heavy atom. The van der Waals surface area contributed by atoms with Crippen LogP contribution < -0.4 is 5.73 Å². The standard InChI is InChI=1S/C16H26N2/c1-12-7-4-5-10-16(12)18(3)11-14-8-6-9-15(17)13(14)2/h6,8-9,12,16H,4-5,7,10-11,17H2,1-3H3. The van der Waals surface area contributed by atoms with Gasteiger partial charge in [0.25, 0.3) is 0 Å². The molecule has 1 fully saturated rings. The Morgan fingerprint density at radius 1 is 1.28 bits per heavy atom. The fourth-order valence-electron chi connectivity index (χ4n) is 3.21. The van der Waals surface area contributed by atoms with E-state index in [2.05, 4.69) is 37.9 Å². The topological polar surface area (TPSA) is 29.3 Å². The number of hydrogen-bond donors (Lipinski definition) is 1. The number of hydrogen-bond acceptors (Lipinski definition) is 2. The molecule has 2 rings (SSSR count). The number of anilines is 1. The molecule has 2 nitrogen and oxygen atoms in total. The molecule has 1 aliphatic rings. The quantitative estimate of drug-likeness (QED) is 0.826. The lowest BCUT2D eigenvalue weighted by Gasteiger charge is -2.36. The zero-order valence-corrected chi connectivity index (χ0v) is 11.9. The molecule has 1 aliphatic carbocycles. The molecule has 2 heteroatoms.